The molecule has 2 unspecified atom stereocenters. The van der Waals surface area contributed by atoms with Gasteiger partial charge in [0.15, 0.2) is 0 Å². The van der Waals surface area contributed by atoms with E-state index in [0.29, 0.717) is 0 Å². The molecule has 2 nitrogen and oxygen atoms in total. The molecule has 0 aromatic carbocycles. The molecule has 2 heteroatoms. The summed E-state index contributed by atoms with van der Waals surface area (Å²) in [6.07, 6.45) is 9.83. The summed E-state index contributed by atoms with van der Waals surface area (Å²) in [4.78, 5) is 0. The molecule has 1 saturated carbocycles. The number of piperidine rings is 1. The second kappa shape index (κ2) is 5.13. The fraction of sp³-hybridized carbons (Fsp3) is 1.00. The van der Waals surface area contributed by atoms with E-state index >= 15 is 0 Å². The Morgan fingerprint density at radius 1 is 1.14 bits per heavy atom. The number of nitrogens with one attached hydrogen (secondary N) is 1. The van der Waals surface area contributed by atoms with Crippen LogP contribution in [0.25, 0.3) is 0 Å². The molecule has 0 aromatic rings. The average Bonchev–Trinajstić information content (AvgIpc) is 2.67. The van der Waals surface area contributed by atoms with Gasteiger partial charge in [-0.1, -0.05) is 19.8 Å². The zero-order valence-corrected chi connectivity index (χ0v) is 9.47. The predicted octanol–water partition coefficient (Wildman–Crippen LogP) is 2.56. The summed E-state index contributed by atoms with van der Waals surface area (Å²) in [5.41, 5.74) is 3.72. The number of rotatable bonds is 3. The van der Waals surface area contributed by atoms with E-state index in [1.54, 1.807) is 0 Å². The summed E-state index contributed by atoms with van der Waals surface area (Å²) < 4.78 is 0. The van der Waals surface area contributed by atoms with Crippen LogP contribution < -0.4 is 5.43 Å². The molecule has 1 aliphatic heterocycles. The van der Waals surface area contributed by atoms with Gasteiger partial charge in [0.1, 0.15) is 0 Å². The molecule has 2 fully saturated rings. The van der Waals surface area contributed by atoms with E-state index in [2.05, 4.69) is 17.4 Å². The van der Waals surface area contributed by atoms with Crippen molar-refractivity contribution in [2.24, 2.45) is 5.92 Å². The van der Waals surface area contributed by atoms with Crippen molar-refractivity contribution in [3.63, 3.8) is 0 Å². The highest BCUT2D eigenvalue weighted by atomic mass is 15.5. The van der Waals surface area contributed by atoms with Gasteiger partial charge < -0.3 is 0 Å². The lowest BCUT2D eigenvalue weighted by atomic mass is 10.1. The Hall–Kier alpha value is -0.0800. The van der Waals surface area contributed by atoms with Crippen molar-refractivity contribution in [1.29, 1.82) is 0 Å². The molecular weight excluding hydrogens is 172 g/mol. The molecule has 0 amide bonds. The summed E-state index contributed by atoms with van der Waals surface area (Å²) in [6, 6.07) is 0.790. The first-order valence-electron chi connectivity index (χ1n) is 6.39. The van der Waals surface area contributed by atoms with Gasteiger partial charge in [-0.15, -0.1) is 0 Å². The SMILES string of the molecule is CCC1CCC(NN2CCCCC2)C1. The van der Waals surface area contributed by atoms with Crippen molar-refractivity contribution in [2.45, 2.75) is 57.9 Å². The number of hydrogen-bond donors (Lipinski definition) is 1. The van der Waals surface area contributed by atoms with Crippen LogP contribution in [0, 0.1) is 5.92 Å². The van der Waals surface area contributed by atoms with E-state index in [1.807, 2.05) is 0 Å². The van der Waals surface area contributed by atoms with Gasteiger partial charge in [0.25, 0.3) is 0 Å². The third-order valence-electron chi connectivity index (χ3n) is 3.84. The molecule has 0 radical (unpaired) electrons. The summed E-state index contributed by atoms with van der Waals surface area (Å²) in [5, 5.41) is 2.46. The van der Waals surface area contributed by atoms with Gasteiger partial charge in [0.05, 0.1) is 0 Å². The molecule has 0 bridgehead atoms. The highest BCUT2D eigenvalue weighted by Crippen LogP contribution is 2.28. The van der Waals surface area contributed by atoms with Crippen LogP contribution in [0.5, 0.6) is 0 Å². The molecule has 0 spiro atoms. The smallest absolute Gasteiger partial charge is 0.0218 e. The molecule has 1 N–H and O–H groups in total. The molecular formula is C12H24N2. The second-order valence-electron chi connectivity index (χ2n) is 4.96. The van der Waals surface area contributed by atoms with E-state index in [9.17, 15) is 0 Å². The quantitative estimate of drug-likeness (QED) is 0.746. The molecule has 2 aliphatic rings. The van der Waals surface area contributed by atoms with Crippen LogP contribution in [-0.2, 0) is 0 Å². The lowest BCUT2D eigenvalue weighted by Crippen LogP contribution is -2.46. The average molecular weight is 196 g/mol. The maximum atomic E-state index is 3.72. The number of hydrogen-bond acceptors (Lipinski definition) is 2. The number of hydrazine groups is 1. The summed E-state index contributed by atoms with van der Waals surface area (Å²) in [7, 11) is 0. The van der Waals surface area contributed by atoms with Crippen LogP contribution in [0.2, 0.25) is 0 Å². The summed E-state index contributed by atoms with van der Waals surface area (Å²) in [6.45, 7) is 4.87. The normalized spacial score (nSPS) is 34.9. The van der Waals surface area contributed by atoms with Crippen molar-refractivity contribution in [3.05, 3.63) is 0 Å². The molecule has 1 heterocycles. The molecule has 14 heavy (non-hydrogen) atoms. The largest absolute Gasteiger partial charge is 0.252 e. The third kappa shape index (κ3) is 2.71. The molecule has 2 rings (SSSR count). The first-order chi connectivity index (χ1) is 6.88. The van der Waals surface area contributed by atoms with Gasteiger partial charge in [-0.3, -0.25) is 5.43 Å². The Labute approximate surface area is 88.0 Å². The van der Waals surface area contributed by atoms with Crippen molar-refractivity contribution in [2.75, 3.05) is 13.1 Å². The lowest BCUT2D eigenvalue weighted by molar-refractivity contribution is 0.128. The van der Waals surface area contributed by atoms with Crippen molar-refractivity contribution in [3.8, 4) is 0 Å². The molecule has 2 atom stereocenters. The Kier molecular flexibility index (Phi) is 3.82. The topological polar surface area (TPSA) is 15.3 Å². The molecule has 0 aromatic heterocycles. The Morgan fingerprint density at radius 3 is 2.57 bits per heavy atom. The van der Waals surface area contributed by atoms with Crippen LogP contribution in [0.3, 0.4) is 0 Å². The van der Waals surface area contributed by atoms with Gasteiger partial charge >= 0.3 is 0 Å². The van der Waals surface area contributed by atoms with Crippen molar-refractivity contribution < 1.29 is 0 Å². The van der Waals surface area contributed by atoms with E-state index < -0.39 is 0 Å². The predicted molar refractivity (Wildman–Crippen MR) is 60.0 cm³/mol. The zero-order chi connectivity index (χ0) is 9.80. The first-order valence-corrected chi connectivity index (χ1v) is 6.39. The second-order valence-corrected chi connectivity index (χ2v) is 4.96. The van der Waals surface area contributed by atoms with Gasteiger partial charge in [-0.2, -0.15) is 0 Å². The van der Waals surface area contributed by atoms with Gasteiger partial charge in [0, 0.05) is 19.1 Å². The zero-order valence-electron chi connectivity index (χ0n) is 9.47. The van der Waals surface area contributed by atoms with Crippen molar-refractivity contribution in [1.82, 2.24) is 10.4 Å². The first kappa shape index (κ1) is 10.4. The fourth-order valence-corrected chi connectivity index (χ4v) is 2.84. The third-order valence-corrected chi connectivity index (χ3v) is 3.84. The van der Waals surface area contributed by atoms with E-state index in [1.165, 1.54) is 58.0 Å². The van der Waals surface area contributed by atoms with E-state index in [-0.39, 0.29) is 0 Å². The molecule has 1 aliphatic carbocycles. The lowest BCUT2D eigenvalue weighted by Gasteiger charge is -2.30. The summed E-state index contributed by atoms with van der Waals surface area (Å²) in [5.74, 6) is 0.997. The standard InChI is InChI=1S/C12H24N2/c1-2-11-6-7-12(10-11)13-14-8-4-3-5-9-14/h11-13H,2-10H2,1H3. The van der Waals surface area contributed by atoms with Crippen LogP contribution in [0.15, 0.2) is 0 Å². The highest BCUT2D eigenvalue weighted by molar-refractivity contribution is 4.79. The van der Waals surface area contributed by atoms with Crippen LogP contribution in [-0.4, -0.2) is 24.1 Å². The van der Waals surface area contributed by atoms with Crippen LogP contribution >= 0.6 is 0 Å². The maximum absolute atomic E-state index is 3.72. The highest BCUT2D eigenvalue weighted by Gasteiger charge is 2.24. The van der Waals surface area contributed by atoms with E-state index in [0.717, 1.165) is 12.0 Å². The Bertz CT molecular complexity index is 164. The van der Waals surface area contributed by atoms with Gasteiger partial charge in [-0.25, -0.2) is 5.01 Å². The maximum Gasteiger partial charge on any atom is 0.0218 e. The summed E-state index contributed by atoms with van der Waals surface area (Å²) >= 11 is 0. The van der Waals surface area contributed by atoms with Gasteiger partial charge in [-0.05, 0) is 38.0 Å². The van der Waals surface area contributed by atoms with E-state index in [4.69, 9.17) is 0 Å². The molecule has 1 saturated heterocycles. The minimum Gasteiger partial charge on any atom is -0.252 e. The minimum absolute atomic E-state index is 0.790. The monoisotopic (exact) mass is 196 g/mol. The van der Waals surface area contributed by atoms with Crippen LogP contribution in [0.4, 0.5) is 0 Å². The fourth-order valence-electron chi connectivity index (χ4n) is 2.84. The Morgan fingerprint density at radius 2 is 1.93 bits per heavy atom. The minimum atomic E-state index is 0.790. The van der Waals surface area contributed by atoms with Crippen molar-refractivity contribution >= 4 is 0 Å². The van der Waals surface area contributed by atoms with Crippen LogP contribution in [0.1, 0.15) is 51.9 Å². The van der Waals surface area contributed by atoms with Gasteiger partial charge in [0.2, 0.25) is 0 Å². The molecule has 82 valence electrons. The number of nitrogens with zero attached hydrogens (tertiary/aromatic N) is 1. The Balaban J connectivity index is 1.69.